The van der Waals surface area contributed by atoms with E-state index in [1.165, 1.54) is 0 Å². The first kappa shape index (κ1) is 17.1. The van der Waals surface area contributed by atoms with Crippen molar-refractivity contribution in [2.75, 3.05) is 0 Å². The molecule has 3 aromatic carbocycles. The third-order valence-corrected chi connectivity index (χ3v) is 16.3. The van der Waals surface area contributed by atoms with E-state index in [0.717, 1.165) is 10.7 Å². The van der Waals surface area contributed by atoms with E-state index in [1.807, 2.05) is 78.9 Å². The number of nitrogens with zero attached hydrogens (tertiary/aromatic N) is 1. The summed E-state index contributed by atoms with van der Waals surface area (Å²) < 4.78 is 6.06. The first-order valence-corrected chi connectivity index (χ1v) is 13.6. The number of hydrogen-bond donors (Lipinski definition) is 2. The van der Waals surface area contributed by atoms with Gasteiger partial charge in [-0.3, -0.25) is 0 Å². The van der Waals surface area contributed by atoms with Crippen LogP contribution in [0.2, 0.25) is 0 Å². The molecular weight excluding hydrogens is 417 g/mol. The summed E-state index contributed by atoms with van der Waals surface area (Å²) in [6.07, 6.45) is 0. The Balaban J connectivity index is 2.41. The molecule has 2 amide bonds. The van der Waals surface area contributed by atoms with Crippen molar-refractivity contribution in [1.29, 1.82) is 5.26 Å². The summed E-state index contributed by atoms with van der Waals surface area (Å²) in [5.41, 5.74) is 6.17. The van der Waals surface area contributed by atoms with E-state index < -0.39 is 24.7 Å². The molecule has 0 unspecified atom stereocenters. The zero-order valence-electron chi connectivity index (χ0n) is 13.5. The minimum atomic E-state index is -4.00. The minimum absolute atomic E-state index is 0.569. The predicted octanol–water partition coefficient (Wildman–Crippen LogP) is 1.19. The number of benzene rings is 3. The van der Waals surface area contributed by atoms with Gasteiger partial charge in [-0.05, 0) is 0 Å². The maximum absolute atomic E-state index is 12.0. The number of urea groups is 1. The number of carbonyl (C=O) groups is 1. The van der Waals surface area contributed by atoms with Gasteiger partial charge in [-0.25, -0.2) is 0 Å². The van der Waals surface area contributed by atoms with Gasteiger partial charge in [0.2, 0.25) is 0 Å². The quantitative estimate of drug-likeness (QED) is 0.606. The molecule has 0 fully saturated rings. The number of hydrogen-bond acceptors (Lipinski definition) is 2. The molecule has 0 heterocycles. The molecule has 0 saturated carbocycles. The first-order valence-electron chi connectivity index (χ1n) is 7.87. The van der Waals surface area contributed by atoms with E-state index in [4.69, 9.17) is 5.73 Å². The van der Waals surface area contributed by atoms with Crippen LogP contribution in [0.3, 0.4) is 0 Å². The summed E-state index contributed by atoms with van der Waals surface area (Å²) in [6, 6.07) is 28.8. The van der Waals surface area contributed by atoms with Crippen LogP contribution in [0.1, 0.15) is 5.56 Å². The van der Waals surface area contributed by atoms with Crippen LogP contribution >= 0.6 is 0 Å². The molecule has 122 valence electrons. The molecule has 4 nitrogen and oxygen atoms in total. The zero-order valence-corrected chi connectivity index (χ0v) is 16.4. The Morgan fingerprint density at radius 1 is 0.840 bits per heavy atom. The average molecular weight is 434 g/mol. The summed E-state index contributed by atoms with van der Waals surface area (Å²) in [4.78, 5) is 12.0. The van der Waals surface area contributed by atoms with Crippen molar-refractivity contribution in [1.82, 2.24) is 3.54 Å². The van der Waals surface area contributed by atoms with Crippen LogP contribution in [-0.2, 0) is 0 Å². The summed E-state index contributed by atoms with van der Waals surface area (Å²) >= 11 is -4.00. The zero-order chi connectivity index (χ0) is 17.7. The van der Waals surface area contributed by atoms with Crippen LogP contribution in [-0.4, -0.2) is 24.7 Å². The summed E-state index contributed by atoms with van der Waals surface area (Å²) in [5.74, 6) is 0. The standard InChI is InChI=1S/C7H4N.2C6H5.CH4N2O.Sn/c8-6-7-4-2-1-3-5-7;2*1-2-4-6-5-3-1;2-1(3)4;/h1-4H;2*1-5H;(H4,2,3,4);/q;;;;+1/p-1. The van der Waals surface area contributed by atoms with Gasteiger partial charge in [0.05, 0.1) is 0 Å². The molecule has 3 rings (SSSR count). The summed E-state index contributed by atoms with van der Waals surface area (Å²) in [5, 5.41) is 9.65. The number of nitrogens with one attached hydrogen (secondary N) is 1. The SMILES string of the molecule is N#Cc1cccc[c]1[Sn]([NH]C(N)=O)([c]1ccccc1)[c]1ccccc1. The van der Waals surface area contributed by atoms with Gasteiger partial charge in [0.15, 0.2) is 0 Å². The Labute approximate surface area is 151 Å². The number of amides is 2. The van der Waals surface area contributed by atoms with Crippen LogP contribution in [0.15, 0.2) is 84.9 Å². The van der Waals surface area contributed by atoms with Crippen LogP contribution in [0.4, 0.5) is 4.79 Å². The fourth-order valence-corrected chi connectivity index (χ4v) is 14.6. The van der Waals surface area contributed by atoms with Crippen molar-refractivity contribution in [2.45, 2.75) is 0 Å². The second kappa shape index (κ2) is 7.41. The second-order valence-electron chi connectivity index (χ2n) is 5.63. The molecule has 0 radical (unpaired) electrons. The van der Waals surface area contributed by atoms with Crippen molar-refractivity contribution in [2.24, 2.45) is 5.73 Å². The normalized spacial score (nSPS) is 10.7. The van der Waals surface area contributed by atoms with Crippen molar-refractivity contribution in [3.63, 3.8) is 0 Å². The maximum atomic E-state index is 12.0. The van der Waals surface area contributed by atoms with Gasteiger partial charge in [0, 0.05) is 0 Å². The van der Waals surface area contributed by atoms with E-state index in [-0.39, 0.29) is 0 Å². The van der Waals surface area contributed by atoms with Crippen LogP contribution < -0.4 is 20.0 Å². The van der Waals surface area contributed by atoms with Crippen molar-refractivity contribution in [3.05, 3.63) is 90.5 Å². The van der Waals surface area contributed by atoms with Crippen LogP contribution in [0, 0.1) is 11.3 Å². The molecule has 0 spiro atoms. The van der Waals surface area contributed by atoms with Gasteiger partial charge in [-0.1, -0.05) is 0 Å². The molecule has 0 aliphatic rings. The molecular formula is C20H17N3OSn. The Bertz CT molecular complexity index is 881. The molecule has 0 aliphatic carbocycles. The Hall–Kier alpha value is -2.78. The fraction of sp³-hybridized carbons (Fsp3) is 0. The van der Waals surface area contributed by atoms with E-state index in [0.29, 0.717) is 5.56 Å². The summed E-state index contributed by atoms with van der Waals surface area (Å²) in [6.45, 7) is 0. The number of rotatable bonds is 4. The Kier molecular flexibility index (Phi) is 5.05. The molecule has 3 aromatic rings. The molecule has 0 saturated heterocycles. The van der Waals surface area contributed by atoms with Crippen molar-refractivity contribution in [3.8, 4) is 6.07 Å². The number of primary amides is 1. The van der Waals surface area contributed by atoms with Crippen LogP contribution in [0.5, 0.6) is 0 Å². The van der Waals surface area contributed by atoms with Gasteiger partial charge in [-0.2, -0.15) is 0 Å². The van der Waals surface area contributed by atoms with E-state index >= 15 is 0 Å². The number of nitrogens with two attached hydrogens (primary N) is 1. The molecule has 0 aliphatic heterocycles. The van der Waals surface area contributed by atoms with Crippen molar-refractivity contribution < 1.29 is 4.79 Å². The third kappa shape index (κ3) is 3.24. The van der Waals surface area contributed by atoms with E-state index in [1.54, 1.807) is 6.07 Å². The first-order chi connectivity index (χ1) is 12.2. The van der Waals surface area contributed by atoms with Gasteiger partial charge >= 0.3 is 151 Å². The third-order valence-electron chi connectivity index (χ3n) is 4.18. The van der Waals surface area contributed by atoms with E-state index in [9.17, 15) is 10.1 Å². The van der Waals surface area contributed by atoms with Gasteiger partial charge in [-0.15, -0.1) is 0 Å². The Morgan fingerprint density at radius 2 is 1.32 bits per heavy atom. The monoisotopic (exact) mass is 435 g/mol. The number of nitriles is 1. The Morgan fingerprint density at radius 3 is 1.80 bits per heavy atom. The fourth-order valence-electron chi connectivity index (χ4n) is 3.16. The molecule has 0 bridgehead atoms. The van der Waals surface area contributed by atoms with Crippen molar-refractivity contribution >= 4 is 35.4 Å². The summed E-state index contributed by atoms with van der Waals surface area (Å²) in [7, 11) is 0. The van der Waals surface area contributed by atoms with E-state index in [2.05, 4.69) is 9.61 Å². The van der Waals surface area contributed by atoms with Gasteiger partial charge in [0.25, 0.3) is 0 Å². The predicted molar refractivity (Wildman–Crippen MR) is 101 cm³/mol. The van der Waals surface area contributed by atoms with Gasteiger partial charge in [0.1, 0.15) is 0 Å². The van der Waals surface area contributed by atoms with Crippen LogP contribution in [0.25, 0.3) is 0 Å². The topological polar surface area (TPSA) is 78.9 Å². The molecule has 25 heavy (non-hydrogen) atoms. The molecule has 3 N–H and O–H groups in total. The molecule has 0 aromatic heterocycles. The average Bonchev–Trinajstić information content (AvgIpc) is 2.67. The second-order valence-corrected chi connectivity index (χ2v) is 15.5. The molecule has 5 heteroatoms. The molecule has 0 atom stereocenters. The van der Waals surface area contributed by atoms with Gasteiger partial charge < -0.3 is 0 Å². The number of carbonyl (C=O) groups excluding carboxylic acids is 1.